The summed E-state index contributed by atoms with van der Waals surface area (Å²) in [6.07, 6.45) is 6.46. The molecule has 3 aliphatic rings. The number of carbonyl (C=O) groups excluding carboxylic acids is 3. The van der Waals surface area contributed by atoms with Crippen molar-refractivity contribution in [2.45, 2.75) is 103 Å². The standard InChI is InChI=1S/C31H51N3O5/c1-10-16-32(17-11-2)25(36)22-23-26(37)33(19-13-20-35)24(31(23)15-14-30(22,9)39-31)27(38)34(18-12-3)29(7,8)21-28(4,5)6/h10,12,22-24,35H,1,3,11,13-21H2,2,4-9H3/t22-,23+,24?,30+,31?/m1/s1. The highest BCUT2D eigenvalue weighted by Gasteiger charge is 2.78. The molecule has 0 saturated carbocycles. The fourth-order valence-corrected chi connectivity index (χ4v) is 7.78. The second-order valence-corrected chi connectivity index (χ2v) is 13.7. The van der Waals surface area contributed by atoms with Gasteiger partial charge in [-0.05, 0) is 58.3 Å². The molecule has 2 unspecified atom stereocenters. The Kier molecular flexibility index (Phi) is 9.13. The highest BCUT2D eigenvalue weighted by molar-refractivity contribution is 5.99. The highest BCUT2D eigenvalue weighted by Crippen LogP contribution is 2.63. The van der Waals surface area contributed by atoms with E-state index in [1.54, 1.807) is 22.0 Å². The first-order valence-electron chi connectivity index (χ1n) is 14.6. The van der Waals surface area contributed by atoms with Gasteiger partial charge in [-0.15, -0.1) is 13.2 Å². The number of carbonyl (C=O) groups is 3. The average molecular weight is 546 g/mol. The van der Waals surface area contributed by atoms with E-state index in [-0.39, 0.29) is 36.3 Å². The van der Waals surface area contributed by atoms with E-state index in [2.05, 4.69) is 47.8 Å². The number of hydrogen-bond acceptors (Lipinski definition) is 5. The summed E-state index contributed by atoms with van der Waals surface area (Å²) in [4.78, 5) is 48.1. The first-order chi connectivity index (χ1) is 18.1. The van der Waals surface area contributed by atoms with Crippen LogP contribution >= 0.6 is 0 Å². The quantitative estimate of drug-likeness (QED) is 0.356. The van der Waals surface area contributed by atoms with Crippen LogP contribution < -0.4 is 0 Å². The topological polar surface area (TPSA) is 90.4 Å². The van der Waals surface area contributed by atoms with Gasteiger partial charge in [0.05, 0.1) is 17.4 Å². The summed E-state index contributed by atoms with van der Waals surface area (Å²) < 4.78 is 6.80. The summed E-state index contributed by atoms with van der Waals surface area (Å²) in [5, 5.41) is 9.64. The number of rotatable bonds is 13. The summed E-state index contributed by atoms with van der Waals surface area (Å²) in [5.41, 5.74) is -2.45. The van der Waals surface area contributed by atoms with Crippen molar-refractivity contribution >= 4 is 17.7 Å². The monoisotopic (exact) mass is 545 g/mol. The molecule has 5 atom stereocenters. The molecule has 0 aromatic heterocycles. The zero-order valence-electron chi connectivity index (χ0n) is 25.3. The van der Waals surface area contributed by atoms with E-state index < -0.39 is 34.6 Å². The first kappa shape index (κ1) is 31.3. The molecule has 1 spiro atoms. The van der Waals surface area contributed by atoms with Crippen LogP contribution in [0.1, 0.15) is 80.6 Å². The van der Waals surface area contributed by atoms with Gasteiger partial charge < -0.3 is 24.5 Å². The summed E-state index contributed by atoms with van der Waals surface area (Å²) >= 11 is 0. The Labute approximate surface area is 235 Å². The average Bonchev–Trinajstić information content (AvgIpc) is 3.39. The molecule has 39 heavy (non-hydrogen) atoms. The van der Waals surface area contributed by atoms with E-state index in [4.69, 9.17) is 4.74 Å². The van der Waals surface area contributed by atoms with Gasteiger partial charge in [-0.1, -0.05) is 39.8 Å². The Morgan fingerprint density at radius 3 is 2.31 bits per heavy atom. The Hall–Kier alpha value is -2.19. The number of nitrogens with zero attached hydrogens (tertiary/aromatic N) is 3. The Morgan fingerprint density at radius 1 is 1.13 bits per heavy atom. The molecule has 0 aliphatic carbocycles. The normalized spacial score (nSPS) is 29.9. The molecule has 0 aromatic rings. The lowest BCUT2D eigenvalue weighted by Crippen LogP contribution is -2.61. The smallest absolute Gasteiger partial charge is 0.249 e. The van der Waals surface area contributed by atoms with Crippen molar-refractivity contribution in [3.63, 3.8) is 0 Å². The molecule has 8 nitrogen and oxygen atoms in total. The van der Waals surface area contributed by atoms with Crippen LogP contribution in [0, 0.1) is 17.3 Å². The minimum atomic E-state index is -1.08. The minimum absolute atomic E-state index is 0.0344. The highest BCUT2D eigenvalue weighted by atomic mass is 16.5. The fraction of sp³-hybridized carbons (Fsp3) is 0.774. The van der Waals surface area contributed by atoms with Crippen LogP contribution in [0.3, 0.4) is 0 Å². The molecule has 1 N–H and O–H groups in total. The van der Waals surface area contributed by atoms with Gasteiger partial charge in [0.1, 0.15) is 11.6 Å². The van der Waals surface area contributed by atoms with Gasteiger partial charge in [-0.3, -0.25) is 14.4 Å². The SMILES string of the molecule is C=CCN(CCC)C(=O)[C@H]1[C@H]2C(=O)N(CCCO)C(C(=O)N(CC=C)C(C)(C)CC(C)(C)C)C23CC[C@]1(C)O3. The molecule has 3 rings (SSSR count). The van der Waals surface area contributed by atoms with Gasteiger partial charge in [-0.25, -0.2) is 0 Å². The van der Waals surface area contributed by atoms with Crippen molar-refractivity contribution in [2.24, 2.45) is 17.3 Å². The molecule has 3 aliphatic heterocycles. The summed E-state index contributed by atoms with van der Waals surface area (Å²) in [5.74, 6) is -1.91. The second-order valence-electron chi connectivity index (χ2n) is 13.7. The number of aliphatic hydroxyl groups is 1. The lowest BCUT2D eigenvalue weighted by atomic mass is 9.66. The number of aliphatic hydroxyl groups excluding tert-OH is 1. The third kappa shape index (κ3) is 5.56. The predicted molar refractivity (Wildman–Crippen MR) is 153 cm³/mol. The molecular weight excluding hydrogens is 494 g/mol. The molecule has 3 heterocycles. The van der Waals surface area contributed by atoms with Crippen molar-refractivity contribution in [1.29, 1.82) is 0 Å². The molecule has 3 saturated heterocycles. The lowest BCUT2D eigenvalue weighted by molar-refractivity contribution is -0.157. The van der Waals surface area contributed by atoms with Gasteiger partial charge in [0.25, 0.3) is 0 Å². The molecule has 2 bridgehead atoms. The van der Waals surface area contributed by atoms with Crippen molar-refractivity contribution in [1.82, 2.24) is 14.7 Å². The van der Waals surface area contributed by atoms with Crippen LogP contribution in [-0.2, 0) is 19.1 Å². The van der Waals surface area contributed by atoms with Crippen molar-refractivity contribution < 1.29 is 24.2 Å². The maximum absolute atomic E-state index is 14.7. The molecule has 220 valence electrons. The van der Waals surface area contributed by atoms with E-state index >= 15 is 0 Å². The summed E-state index contributed by atoms with van der Waals surface area (Å²) in [6.45, 7) is 23.7. The Morgan fingerprint density at radius 2 is 1.77 bits per heavy atom. The molecule has 3 fully saturated rings. The maximum atomic E-state index is 14.7. The Balaban J connectivity index is 2.11. The van der Waals surface area contributed by atoms with Crippen molar-refractivity contribution in [2.75, 3.05) is 32.8 Å². The zero-order chi connectivity index (χ0) is 29.4. The van der Waals surface area contributed by atoms with Crippen LogP contribution in [-0.4, -0.2) is 93.1 Å². The fourth-order valence-electron chi connectivity index (χ4n) is 7.78. The number of fused-ring (bicyclic) bond motifs is 1. The predicted octanol–water partition coefficient (Wildman–Crippen LogP) is 3.79. The summed E-state index contributed by atoms with van der Waals surface area (Å²) in [6, 6.07) is -0.862. The number of likely N-dealkylation sites (tertiary alicyclic amines) is 1. The van der Waals surface area contributed by atoms with E-state index in [0.717, 1.165) is 12.8 Å². The van der Waals surface area contributed by atoms with Gasteiger partial charge in [0.15, 0.2) is 0 Å². The molecular formula is C31H51N3O5. The van der Waals surface area contributed by atoms with Crippen LogP contribution in [0.25, 0.3) is 0 Å². The number of hydrogen-bond donors (Lipinski definition) is 1. The zero-order valence-corrected chi connectivity index (χ0v) is 25.3. The summed E-state index contributed by atoms with van der Waals surface area (Å²) in [7, 11) is 0. The van der Waals surface area contributed by atoms with E-state index in [1.807, 2.05) is 18.7 Å². The van der Waals surface area contributed by atoms with Crippen LogP contribution in [0.15, 0.2) is 25.3 Å². The van der Waals surface area contributed by atoms with Gasteiger partial charge in [-0.2, -0.15) is 0 Å². The number of amides is 3. The van der Waals surface area contributed by atoms with Crippen LogP contribution in [0.2, 0.25) is 0 Å². The Bertz CT molecular complexity index is 972. The second kappa shape index (κ2) is 11.4. The van der Waals surface area contributed by atoms with E-state index in [9.17, 15) is 19.5 Å². The van der Waals surface area contributed by atoms with Crippen molar-refractivity contribution in [3.05, 3.63) is 25.3 Å². The van der Waals surface area contributed by atoms with Crippen LogP contribution in [0.5, 0.6) is 0 Å². The lowest BCUT2D eigenvalue weighted by Gasteiger charge is -2.45. The van der Waals surface area contributed by atoms with E-state index in [1.165, 1.54) is 0 Å². The van der Waals surface area contributed by atoms with Crippen LogP contribution in [0.4, 0.5) is 0 Å². The minimum Gasteiger partial charge on any atom is -0.396 e. The third-order valence-corrected chi connectivity index (χ3v) is 8.76. The molecule has 0 aromatic carbocycles. The molecule has 0 radical (unpaired) electrons. The van der Waals surface area contributed by atoms with Gasteiger partial charge in [0, 0.05) is 38.3 Å². The largest absolute Gasteiger partial charge is 0.396 e. The van der Waals surface area contributed by atoms with Gasteiger partial charge in [0.2, 0.25) is 17.7 Å². The van der Waals surface area contributed by atoms with E-state index in [0.29, 0.717) is 38.9 Å². The maximum Gasteiger partial charge on any atom is 0.249 e. The molecule has 3 amide bonds. The molecule has 8 heteroatoms. The van der Waals surface area contributed by atoms with Crippen molar-refractivity contribution in [3.8, 4) is 0 Å². The first-order valence-corrected chi connectivity index (χ1v) is 14.6. The third-order valence-electron chi connectivity index (χ3n) is 8.76. The number of ether oxygens (including phenoxy) is 1. The van der Waals surface area contributed by atoms with Gasteiger partial charge >= 0.3 is 0 Å².